The second-order valence-corrected chi connectivity index (χ2v) is 4.79. The van der Waals surface area contributed by atoms with Crippen molar-refractivity contribution in [3.05, 3.63) is 30.1 Å². The summed E-state index contributed by atoms with van der Waals surface area (Å²) in [7, 11) is 0. The molecule has 1 saturated heterocycles. The van der Waals surface area contributed by atoms with E-state index in [4.69, 9.17) is 14.6 Å². The van der Waals surface area contributed by atoms with Gasteiger partial charge in [0, 0.05) is 6.42 Å². The van der Waals surface area contributed by atoms with Crippen molar-refractivity contribution >= 4 is 0 Å². The molecular formula is C16H19FO3. The Labute approximate surface area is 118 Å². The average Bonchev–Trinajstić information content (AvgIpc) is 2.47. The lowest BCUT2D eigenvalue weighted by Crippen LogP contribution is -2.31. The van der Waals surface area contributed by atoms with Crippen molar-refractivity contribution < 1.29 is 19.0 Å². The SMILES string of the molecule is OCC#CC[C@@H]1CCC[C@@H](COc2ccc(F)cc2)O1. The predicted molar refractivity (Wildman–Crippen MR) is 73.9 cm³/mol. The summed E-state index contributed by atoms with van der Waals surface area (Å²) in [5, 5.41) is 8.62. The molecule has 4 heteroatoms. The highest BCUT2D eigenvalue weighted by Crippen LogP contribution is 2.22. The van der Waals surface area contributed by atoms with Crippen molar-refractivity contribution in [3.63, 3.8) is 0 Å². The van der Waals surface area contributed by atoms with Gasteiger partial charge in [-0.2, -0.15) is 0 Å². The highest BCUT2D eigenvalue weighted by Gasteiger charge is 2.22. The number of aliphatic hydroxyl groups is 1. The average molecular weight is 278 g/mol. The molecule has 1 heterocycles. The summed E-state index contributed by atoms with van der Waals surface area (Å²) < 4.78 is 24.3. The van der Waals surface area contributed by atoms with Gasteiger partial charge in [-0.1, -0.05) is 11.8 Å². The zero-order chi connectivity index (χ0) is 14.2. The summed E-state index contributed by atoms with van der Waals surface area (Å²) in [6.07, 6.45) is 3.86. The Hall–Kier alpha value is -1.57. The summed E-state index contributed by atoms with van der Waals surface area (Å²) in [4.78, 5) is 0. The second kappa shape index (κ2) is 7.88. The number of hydrogen-bond acceptors (Lipinski definition) is 3. The van der Waals surface area contributed by atoms with Crippen molar-refractivity contribution in [2.75, 3.05) is 13.2 Å². The minimum absolute atomic E-state index is 0.0507. The summed E-state index contributed by atoms with van der Waals surface area (Å²) >= 11 is 0. The van der Waals surface area contributed by atoms with Gasteiger partial charge in [-0.25, -0.2) is 4.39 Å². The van der Waals surface area contributed by atoms with Gasteiger partial charge in [0.2, 0.25) is 0 Å². The van der Waals surface area contributed by atoms with Gasteiger partial charge in [-0.15, -0.1) is 0 Å². The van der Waals surface area contributed by atoms with Crippen LogP contribution in [0.5, 0.6) is 5.75 Å². The van der Waals surface area contributed by atoms with Crippen molar-refractivity contribution in [3.8, 4) is 17.6 Å². The topological polar surface area (TPSA) is 38.7 Å². The first-order chi connectivity index (χ1) is 9.78. The molecule has 1 aliphatic rings. The van der Waals surface area contributed by atoms with Gasteiger partial charge in [0.15, 0.2) is 0 Å². The molecule has 3 nitrogen and oxygen atoms in total. The largest absolute Gasteiger partial charge is 0.491 e. The molecular weight excluding hydrogens is 259 g/mol. The lowest BCUT2D eigenvalue weighted by molar-refractivity contribution is -0.0646. The number of rotatable bonds is 4. The molecule has 0 bridgehead atoms. The van der Waals surface area contributed by atoms with Crippen molar-refractivity contribution in [1.29, 1.82) is 0 Å². The van der Waals surface area contributed by atoms with Gasteiger partial charge in [-0.05, 0) is 43.5 Å². The summed E-state index contributed by atoms with van der Waals surface area (Å²) in [5.41, 5.74) is 0. The van der Waals surface area contributed by atoms with Crippen LogP contribution in [-0.2, 0) is 4.74 Å². The van der Waals surface area contributed by atoms with Crippen LogP contribution in [0.25, 0.3) is 0 Å². The first kappa shape index (κ1) is 14.8. The predicted octanol–water partition coefficient (Wildman–Crippen LogP) is 2.53. The number of aliphatic hydroxyl groups excluding tert-OH is 1. The maximum absolute atomic E-state index is 12.8. The van der Waals surface area contributed by atoms with E-state index >= 15 is 0 Å². The molecule has 1 aliphatic heterocycles. The molecule has 20 heavy (non-hydrogen) atoms. The molecule has 2 atom stereocenters. The molecule has 0 aromatic heterocycles. The number of hydrogen-bond donors (Lipinski definition) is 1. The second-order valence-electron chi connectivity index (χ2n) is 4.79. The van der Waals surface area contributed by atoms with Gasteiger partial charge < -0.3 is 14.6 Å². The van der Waals surface area contributed by atoms with E-state index in [1.807, 2.05) is 0 Å². The van der Waals surface area contributed by atoms with E-state index < -0.39 is 0 Å². The Morgan fingerprint density at radius 3 is 2.70 bits per heavy atom. The first-order valence-electron chi connectivity index (χ1n) is 6.88. The fourth-order valence-electron chi connectivity index (χ4n) is 2.22. The zero-order valence-corrected chi connectivity index (χ0v) is 11.3. The van der Waals surface area contributed by atoms with Crippen molar-refractivity contribution in [1.82, 2.24) is 0 Å². The van der Waals surface area contributed by atoms with E-state index in [0.29, 0.717) is 18.8 Å². The van der Waals surface area contributed by atoms with Gasteiger partial charge in [-0.3, -0.25) is 0 Å². The highest BCUT2D eigenvalue weighted by atomic mass is 19.1. The van der Waals surface area contributed by atoms with E-state index in [0.717, 1.165) is 19.3 Å². The monoisotopic (exact) mass is 278 g/mol. The normalized spacial score (nSPS) is 21.9. The maximum Gasteiger partial charge on any atom is 0.123 e. The van der Waals surface area contributed by atoms with Crippen LogP contribution in [0.4, 0.5) is 4.39 Å². The van der Waals surface area contributed by atoms with Crippen LogP contribution >= 0.6 is 0 Å². The Bertz CT molecular complexity index is 461. The lowest BCUT2D eigenvalue weighted by Gasteiger charge is -2.29. The molecule has 1 fully saturated rings. The van der Waals surface area contributed by atoms with Gasteiger partial charge in [0.05, 0.1) is 12.2 Å². The van der Waals surface area contributed by atoms with Crippen LogP contribution in [0.2, 0.25) is 0 Å². The fourth-order valence-corrected chi connectivity index (χ4v) is 2.22. The molecule has 1 N–H and O–H groups in total. The van der Waals surface area contributed by atoms with Crippen LogP contribution in [0.1, 0.15) is 25.7 Å². The third kappa shape index (κ3) is 4.84. The minimum atomic E-state index is -0.270. The van der Waals surface area contributed by atoms with E-state index in [1.54, 1.807) is 12.1 Å². The van der Waals surface area contributed by atoms with E-state index in [2.05, 4.69) is 11.8 Å². The quantitative estimate of drug-likeness (QED) is 0.860. The third-order valence-corrected chi connectivity index (χ3v) is 3.22. The Morgan fingerprint density at radius 1 is 1.20 bits per heavy atom. The summed E-state index contributed by atoms with van der Waals surface area (Å²) in [5.74, 6) is 5.91. The van der Waals surface area contributed by atoms with Crippen LogP contribution in [-0.4, -0.2) is 30.5 Å². The molecule has 1 aromatic rings. The van der Waals surface area contributed by atoms with Crippen molar-refractivity contribution in [2.24, 2.45) is 0 Å². The number of ether oxygens (including phenoxy) is 2. The van der Waals surface area contributed by atoms with E-state index in [1.165, 1.54) is 12.1 Å². The maximum atomic E-state index is 12.8. The molecule has 0 aliphatic carbocycles. The van der Waals surface area contributed by atoms with Crippen LogP contribution in [0, 0.1) is 17.7 Å². The van der Waals surface area contributed by atoms with E-state index in [9.17, 15) is 4.39 Å². The number of benzene rings is 1. The highest BCUT2D eigenvalue weighted by molar-refractivity contribution is 5.22. The summed E-state index contributed by atoms with van der Waals surface area (Å²) in [6.45, 7) is 0.361. The molecule has 108 valence electrons. The molecule has 1 aromatic carbocycles. The van der Waals surface area contributed by atoms with Crippen LogP contribution < -0.4 is 4.74 Å². The number of halogens is 1. The molecule has 2 rings (SSSR count). The van der Waals surface area contributed by atoms with Gasteiger partial charge in [0.1, 0.15) is 24.8 Å². The van der Waals surface area contributed by atoms with Crippen molar-refractivity contribution in [2.45, 2.75) is 37.9 Å². The van der Waals surface area contributed by atoms with E-state index in [-0.39, 0.29) is 24.6 Å². The zero-order valence-electron chi connectivity index (χ0n) is 11.3. The van der Waals surface area contributed by atoms with Crippen LogP contribution in [0.15, 0.2) is 24.3 Å². The molecule has 0 unspecified atom stereocenters. The molecule has 0 saturated carbocycles. The Kier molecular flexibility index (Phi) is 5.85. The third-order valence-electron chi connectivity index (χ3n) is 3.22. The summed E-state index contributed by atoms with van der Waals surface area (Å²) in [6, 6.07) is 5.99. The fraction of sp³-hybridized carbons (Fsp3) is 0.500. The van der Waals surface area contributed by atoms with Gasteiger partial charge in [0.25, 0.3) is 0 Å². The van der Waals surface area contributed by atoms with Crippen LogP contribution in [0.3, 0.4) is 0 Å². The standard InChI is InChI=1S/C16H19FO3/c17-13-7-9-14(10-8-13)19-12-16-6-3-5-15(20-16)4-1-2-11-18/h7-10,15-16,18H,3-6,11-12H2/t15-,16+/m1/s1. The molecule has 0 spiro atoms. The molecule has 0 amide bonds. The Balaban J connectivity index is 1.76. The minimum Gasteiger partial charge on any atom is -0.491 e. The smallest absolute Gasteiger partial charge is 0.123 e. The lowest BCUT2D eigenvalue weighted by atomic mass is 10.0. The first-order valence-corrected chi connectivity index (χ1v) is 6.88. The molecule has 0 radical (unpaired) electrons. The van der Waals surface area contributed by atoms with Gasteiger partial charge >= 0.3 is 0 Å². The Morgan fingerprint density at radius 2 is 1.95 bits per heavy atom.